The number of benzene rings is 1. The summed E-state index contributed by atoms with van der Waals surface area (Å²) in [6, 6.07) is 7.10. The zero-order valence-electron chi connectivity index (χ0n) is 12.8. The summed E-state index contributed by atoms with van der Waals surface area (Å²) in [5, 5.41) is 0. The SMILES string of the molecule is Cc1ccc(CN2CC(N)CC(C(C)C)C2)c(C)c1. The van der Waals surface area contributed by atoms with Gasteiger partial charge in [-0.2, -0.15) is 0 Å². The maximum absolute atomic E-state index is 6.23. The van der Waals surface area contributed by atoms with Gasteiger partial charge in [-0.15, -0.1) is 0 Å². The molecular weight excluding hydrogens is 232 g/mol. The summed E-state index contributed by atoms with van der Waals surface area (Å²) in [5.41, 5.74) is 10.4. The largest absolute Gasteiger partial charge is 0.327 e. The molecule has 19 heavy (non-hydrogen) atoms. The molecule has 2 heteroatoms. The Kier molecular flexibility index (Phi) is 4.64. The van der Waals surface area contributed by atoms with Gasteiger partial charge < -0.3 is 5.73 Å². The number of nitrogens with zero attached hydrogens (tertiary/aromatic N) is 1. The van der Waals surface area contributed by atoms with Crippen LogP contribution in [0.1, 0.15) is 37.0 Å². The molecule has 2 unspecified atom stereocenters. The summed E-state index contributed by atoms with van der Waals surface area (Å²) in [5.74, 6) is 1.47. The molecule has 2 N–H and O–H groups in total. The molecule has 1 aliphatic rings. The maximum atomic E-state index is 6.23. The minimum absolute atomic E-state index is 0.340. The summed E-state index contributed by atoms with van der Waals surface area (Å²) in [4.78, 5) is 2.54. The molecule has 0 spiro atoms. The molecule has 1 aliphatic heterocycles. The third kappa shape index (κ3) is 3.80. The molecule has 0 aromatic heterocycles. The van der Waals surface area contributed by atoms with Gasteiger partial charge in [-0.3, -0.25) is 4.90 Å². The Balaban J connectivity index is 2.05. The average molecular weight is 260 g/mol. The van der Waals surface area contributed by atoms with E-state index >= 15 is 0 Å². The number of aryl methyl sites for hydroxylation is 2. The van der Waals surface area contributed by atoms with E-state index in [1.807, 2.05) is 0 Å². The molecule has 0 saturated carbocycles. The molecule has 106 valence electrons. The van der Waals surface area contributed by atoms with Crippen molar-refractivity contribution in [3.63, 3.8) is 0 Å². The van der Waals surface area contributed by atoms with E-state index in [1.54, 1.807) is 0 Å². The number of rotatable bonds is 3. The highest BCUT2D eigenvalue weighted by molar-refractivity contribution is 5.30. The second-order valence-electron chi connectivity index (χ2n) is 6.62. The number of nitrogens with two attached hydrogens (primary N) is 1. The molecule has 1 aromatic rings. The van der Waals surface area contributed by atoms with E-state index in [-0.39, 0.29) is 0 Å². The minimum Gasteiger partial charge on any atom is -0.327 e. The summed E-state index contributed by atoms with van der Waals surface area (Å²) < 4.78 is 0. The smallest absolute Gasteiger partial charge is 0.0237 e. The summed E-state index contributed by atoms with van der Waals surface area (Å²) in [6.45, 7) is 12.3. The van der Waals surface area contributed by atoms with Crippen molar-refractivity contribution in [1.29, 1.82) is 0 Å². The predicted molar refractivity (Wildman–Crippen MR) is 82.1 cm³/mol. The molecular formula is C17H28N2. The standard InChI is InChI=1S/C17H28N2/c1-12(2)16-8-17(18)11-19(10-16)9-15-6-5-13(3)7-14(15)4/h5-7,12,16-17H,8-11,18H2,1-4H3. The maximum Gasteiger partial charge on any atom is 0.0237 e. The lowest BCUT2D eigenvalue weighted by Crippen LogP contribution is -2.47. The van der Waals surface area contributed by atoms with Crippen molar-refractivity contribution in [3.05, 3.63) is 34.9 Å². The molecule has 0 amide bonds. The number of hydrogen-bond donors (Lipinski definition) is 1. The fourth-order valence-corrected chi connectivity index (χ4v) is 3.15. The molecule has 0 bridgehead atoms. The first-order valence-corrected chi connectivity index (χ1v) is 7.49. The zero-order valence-corrected chi connectivity index (χ0v) is 12.8. The number of hydrogen-bond acceptors (Lipinski definition) is 2. The molecule has 1 aromatic carbocycles. The third-order valence-electron chi connectivity index (χ3n) is 4.43. The molecule has 2 rings (SSSR count). The van der Waals surface area contributed by atoms with Crippen molar-refractivity contribution in [3.8, 4) is 0 Å². The highest BCUT2D eigenvalue weighted by Crippen LogP contribution is 2.25. The Bertz CT molecular complexity index is 425. The Morgan fingerprint density at radius 2 is 2.00 bits per heavy atom. The van der Waals surface area contributed by atoms with E-state index in [4.69, 9.17) is 5.73 Å². The van der Waals surface area contributed by atoms with Gasteiger partial charge >= 0.3 is 0 Å². The molecule has 2 nitrogen and oxygen atoms in total. The van der Waals surface area contributed by atoms with Crippen LogP contribution in [0, 0.1) is 25.7 Å². The second kappa shape index (κ2) is 6.06. The van der Waals surface area contributed by atoms with Gasteiger partial charge in [0.1, 0.15) is 0 Å². The van der Waals surface area contributed by atoms with Crippen molar-refractivity contribution in [2.45, 2.75) is 46.7 Å². The van der Waals surface area contributed by atoms with Crippen molar-refractivity contribution in [1.82, 2.24) is 4.90 Å². The minimum atomic E-state index is 0.340. The van der Waals surface area contributed by atoms with Gasteiger partial charge in [-0.25, -0.2) is 0 Å². The molecule has 1 fully saturated rings. The fraction of sp³-hybridized carbons (Fsp3) is 0.647. The van der Waals surface area contributed by atoms with Crippen LogP contribution in [-0.4, -0.2) is 24.0 Å². The van der Waals surface area contributed by atoms with E-state index in [9.17, 15) is 0 Å². The van der Waals surface area contributed by atoms with E-state index in [0.717, 1.165) is 24.9 Å². The van der Waals surface area contributed by atoms with Gasteiger partial charge in [0.25, 0.3) is 0 Å². The predicted octanol–water partition coefficient (Wildman–Crippen LogP) is 3.11. The van der Waals surface area contributed by atoms with E-state index in [1.165, 1.54) is 29.7 Å². The van der Waals surface area contributed by atoms with Crippen molar-refractivity contribution in [2.24, 2.45) is 17.6 Å². The quantitative estimate of drug-likeness (QED) is 0.905. The van der Waals surface area contributed by atoms with Crippen LogP contribution in [0.5, 0.6) is 0 Å². The molecule has 1 saturated heterocycles. The van der Waals surface area contributed by atoms with Crippen LogP contribution in [0.2, 0.25) is 0 Å². The van der Waals surface area contributed by atoms with E-state index in [0.29, 0.717) is 6.04 Å². The van der Waals surface area contributed by atoms with E-state index in [2.05, 4.69) is 50.8 Å². The first-order chi connectivity index (χ1) is 8.95. The van der Waals surface area contributed by atoms with Gasteiger partial charge in [0.15, 0.2) is 0 Å². The highest BCUT2D eigenvalue weighted by Gasteiger charge is 2.27. The first kappa shape index (κ1) is 14.5. The number of likely N-dealkylation sites (tertiary alicyclic amines) is 1. The topological polar surface area (TPSA) is 29.3 Å². The lowest BCUT2D eigenvalue weighted by atomic mass is 9.85. The Hall–Kier alpha value is -0.860. The Morgan fingerprint density at radius 3 is 2.63 bits per heavy atom. The van der Waals surface area contributed by atoms with Crippen LogP contribution >= 0.6 is 0 Å². The van der Waals surface area contributed by atoms with E-state index < -0.39 is 0 Å². The Morgan fingerprint density at radius 1 is 1.26 bits per heavy atom. The van der Waals surface area contributed by atoms with Gasteiger partial charge in [0.05, 0.1) is 0 Å². The van der Waals surface area contributed by atoms with Gasteiger partial charge in [-0.1, -0.05) is 37.6 Å². The van der Waals surface area contributed by atoms with Crippen LogP contribution in [-0.2, 0) is 6.54 Å². The van der Waals surface area contributed by atoms with Crippen LogP contribution in [0.4, 0.5) is 0 Å². The van der Waals surface area contributed by atoms with Crippen molar-refractivity contribution >= 4 is 0 Å². The summed E-state index contributed by atoms with van der Waals surface area (Å²) >= 11 is 0. The van der Waals surface area contributed by atoms with Gasteiger partial charge in [0, 0.05) is 25.7 Å². The molecule has 0 radical (unpaired) electrons. The Labute approximate surface area is 118 Å². The second-order valence-corrected chi connectivity index (χ2v) is 6.62. The lowest BCUT2D eigenvalue weighted by molar-refractivity contribution is 0.123. The van der Waals surface area contributed by atoms with Crippen LogP contribution < -0.4 is 5.73 Å². The van der Waals surface area contributed by atoms with Gasteiger partial charge in [0.2, 0.25) is 0 Å². The monoisotopic (exact) mass is 260 g/mol. The average Bonchev–Trinajstić information content (AvgIpc) is 2.32. The van der Waals surface area contributed by atoms with Crippen LogP contribution in [0.25, 0.3) is 0 Å². The third-order valence-corrected chi connectivity index (χ3v) is 4.43. The summed E-state index contributed by atoms with van der Waals surface area (Å²) in [7, 11) is 0. The van der Waals surface area contributed by atoms with Crippen LogP contribution in [0.3, 0.4) is 0 Å². The zero-order chi connectivity index (χ0) is 14.0. The molecule has 0 aliphatic carbocycles. The summed E-state index contributed by atoms with van der Waals surface area (Å²) in [6.07, 6.45) is 1.18. The van der Waals surface area contributed by atoms with Crippen molar-refractivity contribution in [2.75, 3.05) is 13.1 Å². The molecule has 2 atom stereocenters. The highest BCUT2D eigenvalue weighted by atomic mass is 15.1. The molecule has 1 heterocycles. The van der Waals surface area contributed by atoms with Crippen LogP contribution in [0.15, 0.2) is 18.2 Å². The van der Waals surface area contributed by atoms with Crippen molar-refractivity contribution < 1.29 is 0 Å². The normalized spacial score (nSPS) is 24.9. The first-order valence-electron chi connectivity index (χ1n) is 7.49. The fourth-order valence-electron chi connectivity index (χ4n) is 3.15. The lowest BCUT2D eigenvalue weighted by Gasteiger charge is -2.38. The van der Waals surface area contributed by atoms with Gasteiger partial charge in [-0.05, 0) is 43.2 Å². The number of piperidine rings is 1.